The van der Waals surface area contributed by atoms with Crippen LogP contribution in [0.3, 0.4) is 0 Å². The number of hydrogen-bond acceptors (Lipinski definition) is 6. The van der Waals surface area contributed by atoms with Gasteiger partial charge >= 0.3 is 0 Å². The molecule has 0 saturated heterocycles. The van der Waals surface area contributed by atoms with E-state index in [4.69, 9.17) is 4.74 Å². The number of hydrogen-bond donors (Lipinski definition) is 0. The lowest BCUT2D eigenvalue weighted by molar-refractivity contribution is 0.477. The van der Waals surface area contributed by atoms with Gasteiger partial charge in [-0.25, -0.2) is 19.9 Å². The molecule has 0 aliphatic heterocycles. The van der Waals surface area contributed by atoms with Gasteiger partial charge in [0.15, 0.2) is 5.75 Å². The van der Waals surface area contributed by atoms with E-state index in [1.807, 2.05) is 67.4 Å². The predicted molar refractivity (Wildman–Crippen MR) is 101 cm³/mol. The summed E-state index contributed by atoms with van der Waals surface area (Å²) < 4.78 is 5.77. The summed E-state index contributed by atoms with van der Waals surface area (Å²) in [7, 11) is 1.98. The average molecular weight is 343 g/mol. The van der Waals surface area contributed by atoms with Gasteiger partial charge in [-0.1, -0.05) is 12.1 Å². The third-order valence-electron chi connectivity index (χ3n) is 4.06. The summed E-state index contributed by atoms with van der Waals surface area (Å²) in [6.45, 7) is 1.84. The van der Waals surface area contributed by atoms with Crippen LogP contribution in [-0.4, -0.2) is 27.0 Å². The van der Waals surface area contributed by atoms with Crippen LogP contribution in [0.1, 0.15) is 5.82 Å². The molecule has 2 aromatic heterocycles. The monoisotopic (exact) mass is 343 g/mol. The largest absolute Gasteiger partial charge is 0.454 e. The Morgan fingerprint density at radius 3 is 2.31 bits per heavy atom. The lowest BCUT2D eigenvalue weighted by atomic mass is 10.2. The molecule has 0 aliphatic carbocycles. The van der Waals surface area contributed by atoms with E-state index in [2.05, 4.69) is 19.9 Å². The van der Waals surface area contributed by atoms with Crippen molar-refractivity contribution >= 4 is 22.4 Å². The molecule has 6 heteroatoms. The second-order valence-electron chi connectivity index (χ2n) is 5.84. The van der Waals surface area contributed by atoms with Crippen LogP contribution >= 0.6 is 0 Å². The van der Waals surface area contributed by atoms with E-state index in [0.717, 1.165) is 28.2 Å². The first-order chi connectivity index (χ1) is 12.7. The highest BCUT2D eigenvalue weighted by Gasteiger charge is 2.10. The zero-order valence-corrected chi connectivity index (χ0v) is 14.5. The van der Waals surface area contributed by atoms with Crippen molar-refractivity contribution in [3.63, 3.8) is 0 Å². The molecule has 0 aliphatic rings. The lowest BCUT2D eigenvalue weighted by Gasteiger charge is -2.20. The molecule has 6 nitrogen and oxygen atoms in total. The van der Waals surface area contributed by atoms with E-state index in [-0.39, 0.29) is 0 Å². The zero-order chi connectivity index (χ0) is 17.9. The number of nitrogens with zero attached hydrogens (tertiary/aromatic N) is 5. The van der Waals surface area contributed by atoms with E-state index >= 15 is 0 Å². The highest BCUT2D eigenvalue weighted by molar-refractivity contribution is 5.91. The summed E-state index contributed by atoms with van der Waals surface area (Å²) in [6.07, 6.45) is 4.91. The molecule has 0 atom stereocenters. The third-order valence-corrected chi connectivity index (χ3v) is 4.06. The van der Waals surface area contributed by atoms with Crippen LogP contribution in [0.4, 0.5) is 11.5 Å². The van der Waals surface area contributed by atoms with Crippen LogP contribution in [-0.2, 0) is 0 Å². The SMILES string of the molecule is Cc1ncc(Oc2ccc(N(C)c3ncnc4ccccc34)cc2)cn1. The molecule has 4 aromatic rings. The fourth-order valence-corrected chi connectivity index (χ4v) is 2.69. The highest BCUT2D eigenvalue weighted by atomic mass is 16.5. The van der Waals surface area contributed by atoms with E-state index < -0.39 is 0 Å². The van der Waals surface area contributed by atoms with Gasteiger partial charge in [-0.15, -0.1) is 0 Å². The van der Waals surface area contributed by atoms with Crippen molar-refractivity contribution in [3.05, 3.63) is 73.1 Å². The normalized spacial score (nSPS) is 10.7. The van der Waals surface area contributed by atoms with Gasteiger partial charge in [0.05, 0.1) is 17.9 Å². The molecule has 2 heterocycles. The van der Waals surface area contributed by atoms with Gasteiger partial charge in [0.1, 0.15) is 23.7 Å². The minimum Gasteiger partial charge on any atom is -0.454 e. The van der Waals surface area contributed by atoms with E-state index in [0.29, 0.717) is 11.6 Å². The van der Waals surface area contributed by atoms with Gasteiger partial charge in [0.2, 0.25) is 0 Å². The molecular formula is C20H17N5O. The van der Waals surface area contributed by atoms with Gasteiger partial charge in [-0.2, -0.15) is 0 Å². The Morgan fingerprint density at radius 1 is 0.808 bits per heavy atom. The molecule has 0 saturated carbocycles. The van der Waals surface area contributed by atoms with Gasteiger partial charge in [0.25, 0.3) is 0 Å². The summed E-state index contributed by atoms with van der Waals surface area (Å²) in [5.74, 6) is 2.91. The van der Waals surface area contributed by atoms with E-state index in [9.17, 15) is 0 Å². The number of aromatic nitrogens is 4. The first kappa shape index (κ1) is 16.0. The zero-order valence-electron chi connectivity index (χ0n) is 14.5. The molecule has 0 bridgehead atoms. The van der Waals surface area contributed by atoms with Crippen LogP contribution in [0, 0.1) is 6.92 Å². The third kappa shape index (κ3) is 3.17. The van der Waals surface area contributed by atoms with Crippen LogP contribution < -0.4 is 9.64 Å². The fraction of sp³-hybridized carbons (Fsp3) is 0.100. The Hall–Kier alpha value is -3.54. The molecule has 2 aromatic carbocycles. The number of para-hydroxylation sites is 1. The van der Waals surface area contributed by atoms with Crippen LogP contribution in [0.5, 0.6) is 11.5 Å². The second kappa shape index (κ2) is 6.76. The minimum atomic E-state index is 0.610. The minimum absolute atomic E-state index is 0.610. The number of rotatable bonds is 4. The average Bonchev–Trinajstić information content (AvgIpc) is 2.69. The quantitative estimate of drug-likeness (QED) is 0.551. The summed E-state index contributed by atoms with van der Waals surface area (Å²) >= 11 is 0. The van der Waals surface area contributed by atoms with Crippen molar-refractivity contribution in [2.45, 2.75) is 6.92 Å². The van der Waals surface area contributed by atoms with Crippen molar-refractivity contribution in [2.24, 2.45) is 0 Å². The van der Waals surface area contributed by atoms with Crippen molar-refractivity contribution < 1.29 is 4.74 Å². The topological polar surface area (TPSA) is 64.0 Å². The highest BCUT2D eigenvalue weighted by Crippen LogP contribution is 2.30. The Bertz CT molecular complexity index is 1030. The van der Waals surface area contributed by atoms with Crippen molar-refractivity contribution in [2.75, 3.05) is 11.9 Å². The molecule has 0 radical (unpaired) electrons. The molecule has 26 heavy (non-hydrogen) atoms. The lowest BCUT2D eigenvalue weighted by Crippen LogP contribution is -2.11. The number of ether oxygens (including phenoxy) is 1. The molecule has 0 N–H and O–H groups in total. The van der Waals surface area contributed by atoms with Crippen molar-refractivity contribution in [3.8, 4) is 11.5 Å². The first-order valence-electron chi connectivity index (χ1n) is 8.21. The van der Waals surface area contributed by atoms with Crippen molar-refractivity contribution in [1.29, 1.82) is 0 Å². The maximum atomic E-state index is 5.77. The summed E-state index contributed by atoms with van der Waals surface area (Å²) in [5, 5.41) is 1.01. The molecular weight excluding hydrogens is 326 g/mol. The summed E-state index contributed by atoms with van der Waals surface area (Å²) in [4.78, 5) is 19.1. The van der Waals surface area contributed by atoms with Crippen LogP contribution in [0.2, 0.25) is 0 Å². The second-order valence-corrected chi connectivity index (χ2v) is 5.84. The molecule has 128 valence electrons. The fourth-order valence-electron chi connectivity index (χ4n) is 2.69. The standard InChI is InChI=1S/C20H17N5O/c1-14-21-11-17(12-22-14)26-16-9-7-15(8-10-16)25(2)20-18-5-3-4-6-19(18)23-13-24-20/h3-13H,1-2H3. The summed E-state index contributed by atoms with van der Waals surface area (Å²) in [6, 6.07) is 15.8. The van der Waals surface area contributed by atoms with Gasteiger partial charge < -0.3 is 9.64 Å². The Morgan fingerprint density at radius 2 is 1.54 bits per heavy atom. The number of aryl methyl sites for hydroxylation is 1. The maximum Gasteiger partial charge on any atom is 0.164 e. The maximum absolute atomic E-state index is 5.77. The van der Waals surface area contributed by atoms with E-state index in [1.54, 1.807) is 18.7 Å². The smallest absolute Gasteiger partial charge is 0.164 e. The molecule has 4 rings (SSSR count). The Labute approximate surface area is 151 Å². The Kier molecular flexibility index (Phi) is 4.15. The molecule has 0 amide bonds. The molecule has 0 spiro atoms. The first-order valence-corrected chi connectivity index (χ1v) is 8.21. The van der Waals surface area contributed by atoms with Gasteiger partial charge in [0, 0.05) is 18.1 Å². The predicted octanol–water partition coefficient (Wildman–Crippen LogP) is 4.29. The molecule has 0 unspecified atom stereocenters. The summed E-state index contributed by atoms with van der Waals surface area (Å²) in [5.41, 5.74) is 1.92. The van der Waals surface area contributed by atoms with Gasteiger partial charge in [-0.3, -0.25) is 0 Å². The number of anilines is 2. The van der Waals surface area contributed by atoms with Gasteiger partial charge in [-0.05, 0) is 43.3 Å². The van der Waals surface area contributed by atoms with Crippen LogP contribution in [0.25, 0.3) is 10.9 Å². The van der Waals surface area contributed by atoms with Crippen molar-refractivity contribution in [1.82, 2.24) is 19.9 Å². The Balaban J connectivity index is 1.58. The van der Waals surface area contributed by atoms with Crippen LogP contribution in [0.15, 0.2) is 67.3 Å². The number of benzene rings is 2. The number of fused-ring (bicyclic) bond motifs is 1. The van der Waals surface area contributed by atoms with E-state index in [1.165, 1.54) is 0 Å². The molecule has 0 fully saturated rings.